The first-order chi connectivity index (χ1) is 18.3. The Morgan fingerprint density at radius 1 is 0.789 bits per heavy atom. The molecule has 1 amide bonds. The lowest BCUT2D eigenvalue weighted by Gasteiger charge is -2.34. The van der Waals surface area contributed by atoms with Gasteiger partial charge in [-0.15, -0.1) is 0 Å². The van der Waals surface area contributed by atoms with Crippen LogP contribution in [0.1, 0.15) is 29.5 Å². The van der Waals surface area contributed by atoms with Crippen molar-refractivity contribution in [3.63, 3.8) is 0 Å². The first-order valence-electron chi connectivity index (χ1n) is 12.6. The Hall–Kier alpha value is -4.04. The number of carbonyl (C=O) groups is 3. The van der Waals surface area contributed by atoms with Crippen molar-refractivity contribution in [3.05, 3.63) is 107 Å². The van der Waals surface area contributed by atoms with Gasteiger partial charge in [-0.1, -0.05) is 78.9 Å². The topological polar surface area (TPSA) is 98.2 Å². The zero-order chi connectivity index (χ0) is 27.3. The van der Waals surface area contributed by atoms with Crippen LogP contribution in [0.5, 0.6) is 0 Å². The van der Waals surface area contributed by atoms with Crippen LogP contribution in [-0.4, -0.2) is 57.5 Å². The van der Waals surface area contributed by atoms with Crippen LogP contribution in [0.15, 0.2) is 84.9 Å². The van der Waals surface area contributed by atoms with Crippen LogP contribution in [-0.2, 0) is 33.9 Å². The van der Waals surface area contributed by atoms with Crippen LogP contribution in [0.4, 0.5) is 4.39 Å². The molecule has 1 saturated heterocycles. The highest BCUT2D eigenvalue weighted by atomic mass is 19.1. The Morgan fingerprint density at radius 3 is 1.87 bits per heavy atom. The van der Waals surface area contributed by atoms with E-state index in [4.69, 9.17) is 19.8 Å². The van der Waals surface area contributed by atoms with Gasteiger partial charge in [0.1, 0.15) is 5.82 Å². The maximum absolute atomic E-state index is 14.0. The van der Waals surface area contributed by atoms with Gasteiger partial charge in [-0.25, -0.2) is 14.0 Å². The van der Waals surface area contributed by atoms with Gasteiger partial charge in [0.15, 0.2) is 0 Å². The molecule has 1 fully saturated rings. The van der Waals surface area contributed by atoms with E-state index in [1.54, 1.807) is 6.07 Å². The minimum atomic E-state index is -1.82. The summed E-state index contributed by atoms with van der Waals surface area (Å²) >= 11 is 0. The van der Waals surface area contributed by atoms with Gasteiger partial charge in [0.25, 0.3) is 0 Å². The number of hydrogen-bond acceptors (Lipinski definition) is 4. The fourth-order valence-corrected chi connectivity index (χ4v) is 4.44. The monoisotopic (exact) mass is 520 g/mol. The summed E-state index contributed by atoms with van der Waals surface area (Å²) in [6.45, 7) is 3.61. The predicted molar refractivity (Wildman–Crippen MR) is 142 cm³/mol. The van der Waals surface area contributed by atoms with E-state index in [1.807, 2.05) is 53.4 Å². The maximum Gasteiger partial charge on any atom is 0.414 e. The van der Waals surface area contributed by atoms with E-state index in [2.05, 4.69) is 29.2 Å². The number of hydrogen-bond donors (Lipinski definition) is 2. The Morgan fingerprint density at radius 2 is 1.32 bits per heavy atom. The van der Waals surface area contributed by atoms with Crippen LogP contribution in [0.2, 0.25) is 0 Å². The number of benzene rings is 3. The molecule has 3 aromatic carbocycles. The van der Waals surface area contributed by atoms with E-state index in [-0.39, 0.29) is 17.6 Å². The zero-order valence-electron chi connectivity index (χ0n) is 21.2. The summed E-state index contributed by atoms with van der Waals surface area (Å²) in [6, 6.07) is 27.5. The van der Waals surface area contributed by atoms with Crippen LogP contribution >= 0.6 is 0 Å². The summed E-state index contributed by atoms with van der Waals surface area (Å²) < 4.78 is 14.0. The van der Waals surface area contributed by atoms with Crippen LogP contribution in [0.3, 0.4) is 0 Å². The molecular formula is C30H33FN2O5. The van der Waals surface area contributed by atoms with Crippen molar-refractivity contribution in [2.45, 2.75) is 32.4 Å². The van der Waals surface area contributed by atoms with E-state index in [0.717, 1.165) is 43.5 Å². The summed E-state index contributed by atoms with van der Waals surface area (Å²) in [7, 11) is 0. The second kappa shape index (κ2) is 14.6. The number of carboxylic acid groups (broad SMARTS) is 2. The zero-order valence-corrected chi connectivity index (χ0v) is 21.2. The minimum Gasteiger partial charge on any atom is -0.473 e. The third-order valence-electron chi connectivity index (χ3n) is 6.51. The highest BCUT2D eigenvalue weighted by molar-refractivity contribution is 6.27. The average Bonchev–Trinajstić information content (AvgIpc) is 2.94. The molecule has 0 saturated carbocycles. The van der Waals surface area contributed by atoms with Crippen LogP contribution < -0.4 is 0 Å². The fraction of sp³-hybridized carbons (Fsp3) is 0.300. The van der Waals surface area contributed by atoms with Crippen molar-refractivity contribution in [1.29, 1.82) is 0 Å². The molecule has 3 aromatic rings. The number of halogens is 1. The Balaban J connectivity index is 0.000000599. The summed E-state index contributed by atoms with van der Waals surface area (Å²) in [5.41, 5.74) is 3.13. The predicted octanol–water partition coefficient (Wildman–Crippen LogP) is 4.46. The molecular weight excluding hydrogens is 487 g/mol. The van der Waals surface area contributed by atoms with Gasteiger partial charge in [-0.2, -0.15) is 0 Å². The number of rotatable bonds is 8. The number of piperidine rings is 1. The van der Waals surface area contributed by atoms with Gasteiger partial charge in [0, 0.05) is 31.1 Å². The number of likely N-dealkylation sites (tertiary alicyclic amines) is 1. The number of carbonyl (C=O) groups excluding carboxylic acids is 1. The second-order valence-corrected chi connectivity index (χ2v) is 9.23. The third kappa shape index (κ3) is 9.12. The maximum atomic E-state index is 14.0. The largest absolute Gasteiger partial charge is 0.473 e. The molecule has 0 unspecified atom stereocenters. The third-order valence-corrected chi connectivity index (χ3v) is 6.51. The lowest BCUT2D eigenvalue weighted by Crippen LogP contribution is -2.42. The normalized spacial score (nSPS) is 13.7. The minimum absolute atomic E-state index is 0.0337. The Bertz CT molecular complexity index is 1170. The lowest BCUT2D eigenvalue weighted by atomic mass is 9.94. The van der Waals surface area contributed by atoms with E-state index in [1.165, 1.54) is 11.6 Å². The number of aliphatic carboxylic acids is 2. The van der Waals surface area contributed by atoms with E-state index in [0.29, 0.717) is 19.6 Å². The average molecular weight is 521 g/mol. The molecule has 0 radical (unpaired) electrons. The summed E-state index contributed by atoms with van der Waals surface area (Å²) in [5, 5.41) is 14.8. The molecule has 38 heavy (non-hydrogen) atoms. The molecule has 1 aliphatic heterocycles. The molecule has 1 heterocycles. The molecule has 1 aliphatic rings. The molecule has 2 N–H and O–H groups in total. The van der Waals surface area contributed by atoms with Crippen molar-refractivity contribution in [2.24, 2.45) is 5.92 Å². The van der Waals surface area contributed by atoms with Gasteiger partial charge >= 0.3 is 11.9 Å². The number of nitrogens with zero attached hydrogens (tertiary/aromatic N) is 2. The van der Waals surface area contributed by atoms with Crippen LogP contribution in [0.25, 0.3) is 0 Å². The van der Waals surface area contributed by atoms with Crippen molar-refractivity contribution in [3.8, 4) is 0 Å². The molecule has 0 spiro atoms. The molecule has 0 bridgehead atoms. The highest BCUT2D eigenvalue weighted by Crippen LogP contribution is 2.23. The van der Waals surface area contributed by atoms with E-state index in [9.17, 15) is 9.18 Å². The fourth-order valence-electron chi connectivity index (χ4n) is 4.44. The molecule has 4 rings (SSSR count). The van der Waals surface area contributed by atoms with Gasteiger partial charge < -0.3 is 15.1 Å². The molecule has 200 valence electrons. The van der Waals surface area contributed by atoms with E-state index >= 15 is 0 Å². The SMILES string of the molecule is O=C(C1CCN(Cc2ccccc2F)CC1)N(CCc1ccccc1)Cc1ccccc1.O=C(O)C(=O)O. The number of carboxylic acids is 2. The first-order valence-corrected chi connectivity index (χ1v) is 12.6. The van der Waals surface area contributed by atoms with Crippen molar-refractivity contribution >= 4 is 17.8 Å². The summed E-state index contributed by atoms with van der Waals surface area (Å²) in [4.78, 5) is 36.0. The quantitative estimate of drug-likeness (QED) is 0.426. The van der Waals surface area contributed by atoms with Gasteiger partial charge in [0.05, 0.1) is 0 Å². The Labute approximate surface area is 222 Å². The number of amides is 1. The molecule has 8 heteroatoms. The molecule has 0 aromatic heterocycles. The van der Waals surface area contributed by atoms with Gasteiger partial charge in [0.2, 0.25) is 5.91 Å². The highest BCUT2D eigenvalue weighted by Gasteiger charge is 2.29. The summed E-state index contributed by atoms with van der Waals surface area (Å²) in [5.74, 6) is -3.52. The van der Waals surface area contributed by atoms with Crippen LogP contribution in [0, 0.1) is 11.7 Å². The standard InChI is InChI=1S/C28H31FN2O.C2H2O4/c29-27-14-8-7-13-26(27)22-30-18-16-25(17-19-30)28(32)31(21-24-11-5-2-6-12-24)20-15-23-9-3-1-4-10-23;3-1(4)2(5)6/h1-14,25H,15-22H2;(H,3,4)(H,5,6). The second-order valence-electron chi connectivity index (χ2n) is 9.23. The van der Waals surface area contributed by atoms with Gasteiger partial charge in [-0.05, 0) is 49.5 Å². The summed E-state index contributed by atoms with van der Waals surface area (Å²) in [6.07, 6.45) is 2.50. The van der Waals surface area contributed by atoms with Gasteiger partial charge in [-0.3, -0.25) is 9.69 Å². The van der Waals surface area contributed by atoms with Crippen molar-refractivity contribution in [2.75, 3.05) is 19.6 Å². The smallest absolute Gasteiger partial charge is 0.414 e. The lowest BCUT2D eigenvalue weighted by molar-refractivity contribution is -0.159. The molecule has 0 atom stereocenters. The van der Waals surface area contributed by atoms with E-state index < -0.39 is 11.9 Å². The molecule has 7 nitrogen and oxygen atoms in total. The first kappa shape index (κ1) is 28.5. The Kier molecular flexibility index (Phi) is 11.0. The van der Waals surface area contributed by atoms with Crippen molar-refractivity contribution < 1.29 is 29.0 Å². The molecule has 0 aliphatic carbocycles. The van der Waals surface area contributed by atoms with Crippen molar-refractivity contribution in [1.82, 2.24) is 9.80 Å².